The van der Waals surface area contributed by atoms with Crippen molar-refractivity contribution >= 4 is 17.5 Å². The van der Waals surface area contributed by atoms with Crippen molar-refractivity contribution < 1.29 is 9.59 Å². The molecule has 0 saturated carbocycles. The molecule has 3 heteroatoms. The van der Waals surface area contributed by atoms with Crippen LogP contribution in [0.5, 0.6) is 0 Å². The summed E-state index contributed by atoms with van der Waals surface area (Å²) >= 11 is 0. The Labute approximate surface area is 189 Å². The molecule has 3 aliphatic carbocycles. The Kier molecular flexibility index (Phi) is 3.90. The fourth-order valence-electron chi connectivity index (χ4n) is 6.22. The first-order valence-corrected chi connectivity index (χ1v) is 11.4. The summed E-state index contributed by atoms with van der Waals surface area (Å²) < 4.78 is 0. The van der Waals surface area contributed by atoms with E-state index >= 15 is 0 Å². The van der Waals surface area contributed by atoms with E-state index in [0.29, 0.717) is 5.69 Å². The van der Waals surface area contributed by atoms with Gasteiger partial charge in [0.1, 0.15) is 0 Å². The summed E-state index contributed by atoms with van der Waals surface area (Å²) in [5.74, 6) is -0.940. The second-order valence-electron chi connectivity index (χ2n) is 10.6. The van der Waals surface area contributed by atoms with Crippen molar-refractivity contribution in [2.24, 2.45) is 11.8 Å². The zero-order valence-corrected chi connectivity index (χ0v) is 18.9. The van der Waals surface area contributed by atoms with Crippen LogP contribution in [0.2, 0.25) is 0 Å². The van der Waals surface area contributed by atoms with Crippen LogP contribution in [0.25, 0.3) is 0 Å². The molecule has 3 aromatic rings. The summed E-state index contributed by atoms with van der Waals surface area (Å²) in [7, 11) is 0. The second kappa shape index (κ2) is 6.41. The van der Waals surface area contributed by atoms with E-state index in [0.717, 1.165) is 5.56 Å². The lowest BCUT2D eigenvalue weighted by atomic mass is 9.54. The Hall–Kier alpha value is -3.20. The van der Waals surface area contributed by atoms with E-state index < -0.39 is 0 Å². The summed E-state index contributed by atoms with van der Waals surface area (Å²) in [5.41, 5.74) is 7.90. The number of aryl methyl sites for hydroxylation is 1. The molecule has 3 nitrogen and oxygen atoms in total. The van der Waals surface area contributed by atoms with Crippen molar-refractivity contribution in [1.82, 2.24) is 0 Å². The summed E-state index contributed by atoms with van der Waals surface area (Å²) in [5, 5.41) is 0. The first-order chi connectivity index (χ1) is 15.3. The number of hydrogen-bond donors (Lipinski definition) is 0. The zero-order valence-electron chi connectivity index (χ0n) is 18.9. The molecule has 1 heterocycles. The van der Waals surface area contributed by atoms with Gasteiger partial charge in [-0.25, -0.2) is 4.90 Å². The van der Waals surface area contributed by atoms with Crippen LogP contribution < -0.4 is 4.90 Å². The molecule has 2 bridgehead atoms. The lowest BCUT2D eigenvalue weighted by molar-refractivity contribution is -0.122. The second-order valence-corrected chi connectivity index (χ2v) is 10.6. The van der Waals surface area contributed by atoms with Crippen LogP contribution >= 0.6 is 0 Å². The van der Waals surface area contributed by atoms with E-state index in [-0.39, 0.29) is 40.9 Å². The molecule has 0 aromatic heterocycles. The minimum Gasteiger partial charge on any atom is -0.274 e. The van der Waals surface area contributed by atoms with Gasteiger partial charge in [0.05, 0.1) is 17.5 Å². The highest BCUT2D eigenvalue weighted by molar-refractivity contribution is 6.23. The van der Waals surface area contributed by atoms with Crippen LogP contribution in [0.1, 0.15) is 66.0 Å². The molecule has 3 aromatic carbocycles. The topological polar surface area (TPSA) is 37.4 Å². The number of hydrogen-bond acceptors (Lipinski definition) is 2. The van der Waals surface area contributed by atoms with Crippen molar-refractivity contribution in [2.45, 2.75) is 44.9 Å². The van der Waals surface area contributed by atoms with Gasteiger partial charge in [-0.3, -0.25) is 9.59 Å². The Balaban J connectivity index is 1.57. The Bertz CT molecular complexity index is 1300. The van der Waals surface area contributed by atoms with Crippen LogP contribution in [-0.4, -0.2) is 11.8 Å². The molecule has 32 heavy (non-hydrogen) atoms. The van der Waals surface area contributed by atoms with Crippen molar-refractivity contribution in [1.29, 1.82) is 0 Å². The average Bonchev–Trinajstić information content (AvgIpc) is 3.03. The Morgan fingerprint density at radius 2 is 1.28 bits per heavy atom. The molecule has 4 atom stereocenters. The maximum atomic E-state index is 13.9. The number of carbonyl (C=O) groups is 2. The quantitative estimate of drug-likeness (QED) is 0.474. The maximum Gasteiger partial charge on any atom is 0.238 e. The van der Waals surface area contributed by atoms with Gasteiger partial charge in [-0.1, -0.05) is 75.4 Å². The molecule has 1 fully saturated rings. The van der Waals surface area contributed by atoms with E-state index in [1.807, 2.05) is 31.2 Å². The molecular weight excluding hydrogens is 394 g/mol. The third kappa shape index (κ3) is 2.48. The van der Waals surface area contributed by atoms with Gasteiger partial charge in [0.25, 0.3) is 0 Å². The third-order valence-electron chi connectivity index (χ3n) is 7.67. The predicted molar refractivity (Wildman–Crippen MR) is 126 cm³/mol. The van der Waals surface area contributed by atoms with E-state index in [9.17, 15) is 9.59 Å². The van der Waals surface area contributed by atoms with Gasteiger partial charge >= 0.3 is 0 Å². The number of benzene rings is 3. The first kappa shape index (κ1) is 19.5. The molecule has 1 saturated heterocycles. The van der Waals surface area contributed by atoms with E-state index in [4.69, 9.17) is 0 Å². The summed E-state index contributed by atoms with van der Waals surface area (Å²) in [6, 6.07) is 22.9. The molecule has 1 aliphatic heterocycles. The molecule has 0 N–H and O–H groups in total. The number of carbonyl (C=O) groups excluding carboxylic acids is 2. The minimum atomic E-state index is -0.342. The molecule has 0 unspecified atom stereocenters. The van der Waals surface area contributed by atoms with Crippen molar-refractivity contribution in [3.05, 3.63) is 100 Å². The molecule has 2 amide bonds. The van der Waals surface area contributed by atoms with E-state index in [1.165, 1.54) is 32.7 Å². The molecule has 4 aliphatic rings. The SMILES string of the molecule is Cc1cccc(N2C(=O)[C@@H]3[C@@H]4c5ccccc5[C@H](c5cc(C(C)(C)C)ccc54)[C@H]3C2=O)c1. The molecule has 160 valence electrons. The van der Waals surface area contributed by atoms with Gasteiger partial charge in [-0.15, -0.1) is 0 Å². The van der Waals surface area contributed by atoms with Crippen LogP contribution in [0.3, 0.4) is 0 Å². The standard InChI is InChI=1S/C29H27NO2/c1-16-8-7-9-18(14-16)30-27(31)25-23-19-10-5-6-11-20(19)24(26(25)28(30)32)22-15-17(29(2,3)4)12-13-21(22)23/h5-15,23-26H,1-4H3/t23-,24-,25-,26-/m1/s1. The summed E-state index contributed by atoms with van der Waals surface area (Å²) in [6.07, 6.45) is 0. The van der Waals surface area contributed by atoms with E-state index in [1.54, 1.807) is 0 Å². The molecule has 7 rings (SSSR count). The highest BCUT2D eigenvalue weighted by Crippen LogP contribution is 2.61. The Morgan fingerprint density at radius 3 is 1.88 bits per heavy atom. The highest BCUT2D eigenvalue weighted by Gasteiger charge is 2.61. The largest absolute Gasteiger partial charge is 0.274 e. The molecule has 0 spiro atoms. The zero-order chi connectivity index (χ0) is 22.4. The fourth-order valence-corrected chi connectivity index (χ4v) is 6.22. The Morgan fingerprint density at radius 1 is 0.688 bits per heavy atom. The van der Waals surface area contributed by atoms with Gasteiger partial charge < -0.3 is 0 Å². The number of amides is 2. The number of rotatable bonds is 1. The number of anilines is 1. The van der Waals surface area contributed by atoms with Gasteiger partial charge in [-0.05, 0) is 57.9 Å². The molecule has 0 radical (unpaired) electrons. The van der Waals surface area contributed by atoms with Crippen LogP contribution in [0.4, 0.5) is 5.69 Å². The van der Waals surface area contributed by atoms with Crippen molar-refractivity contribution in [3.63, 3.8) is 0 Å². The third-order valence-corrected chi connectivity index (χ3v) is 7.67. The normalized spacial score (nSPS) is 25.6. The summed E-state index contributed by atoms with van der Waals surface area (Å²) in [4.78, 5) is 29.1. The molecular formula is C29H27NO2. The van der Waals surface area contributed by atoms with Gasteiger partial charge in [0.15, 0.2) is 0 Å². The minimum absolute atomic E-state index is 0.0216. The van der Waals surface area contributed by atoms with Crippen molar-refractivity contribution in [2.75, 3.05) is 4.90 Å². The van der Waals surface area contributed by atoms with Gasteiger partial charge in [0.2, 0.25) is 11.8 Å². The first-order valence-electron chi connectivity index (χ1n) is 11.4. The smallest absolute Gasteiger partial charge is 0.238 e. The van der Waals surface area contributed by atoms with E-state index in [2.05, 4.69) is 63.2 Å². The van der Waals surface area contributed by atoms with Gasteiger partial charge in [-0.2, -0.15) is 0 Å². The maximum absolute atomic E-state index is 13.9. The lowest BCUT2D eigenvalue weighted by Crippen LogP contribution is -2.41. The van der Waals surface area contributed by atoms with Crippen molar-refractivity contribution in [3.8, 4) is 0 Å². The monoisotopic (exact) mass is 421 g/mol. The fraction of sp³-hybridized carbons (Fsp3) is 0.310. The van der Waals surface area contributed by atoms with Gasteiger partial charge in [0, 0.05) is 11.8 Å². The summed E-state index contributed by atoms with van der Waals surface area (Å²) in [6.45, 7) is 8.65. The van der Waals surface area contributed by atoms with Crippen LogP contribution in [0, 0.1) is 18.8 Å². The number of imide groups is 1. The highest BCUT2D eigenvalue weighted by atomic mass is 16.2. The predicted octanol–water partition coefficient (Wildman–Crippen LogP) is 5.69. The van der Waals surface area contributed by atoms with Crippen LogP contribution in [-0.2, 0) is 15.0 Å². The lowest BCUT2D eigenvalue weighted by Gasteiger charge is -2.46. The number of nitrogens with zero attached hydrogens (tertiary/aromatic N) is 1. The average molecular weight is 422 g/mol. The van der Waals surface area contributed by atoms with Crippen LogP contribution in [0.15, 0.2) is 66.7 Å².